The molecule has 1 N–H and O–H groups in total. The number of rotatable bonds is 4. The number of nitrogens with zero attached hydrogens (tertiary/aromatic N) is 1. The van der Waals surface area contributed by atoms with Gasteiger partial charge in [-0.05, 0) is 24.3 Å². The second kappa shape index (κ2) is 6.38. The van der Waals surface area contributed by atoms with Gasteiger partial charge in [-0.3, -0.25) is 0 Å². The summed E-state index contributed by atoms with van der Waals surface area (Å²) >= 11 is 3.40. The molecule has 6 heteroatoms. The van der Waals surface area contributed by atoms with Crippen molar-refractivity contribution >= 4 is 33.4 Å². The van der Waals surface area contributed by atoms with Crippen molar-refractivity contribution in [1.82, 2.24) is 4.98 Å². The van der Waals surface area contributed by atoms with Crippen LogP contribution >= 0.6 is 15.9 Å². The summed E-state index contributed by atoms with van der Waals surface area (Å²) in [5.41, 5.74) is 1.23. The van der Waals surface area contributed by atoms with Crippen LogP contribution in [0.5, 0.6) is 5.75 Å². The molecule has 0 fully saturated rings. The molecule has 0 saturated carbocycles. The van der Waals surface area contributed by atoms with Crippen molar-refractivity contribution in [2.24, 2.45) is 0 Å². The molecule has 0 saturated heterocycles. The van der Waals surface area contributed by atoms with Crippen molar-refractivity contribution in [3.05, 3.63) is 46.6 Å². The lowest BCUT2D eigenvalue weighted by Gasteiger charge is -2.09. The summed E-state index contributed by atoms with van der Waals surface area (Å²) in [6.07, 6.45) is 1.55. The van der Waals surface area contributed by atoms with E-state index in [1.807, 2.05) is 18.2 Å². The Bertz CT molecular complexity index is 632. The number of ether oxygens (including phenoxy) is 2. The molecule has 1 aromatic heterocycles. The van der Waals surface area contributed by atoms with Gasteiger partial charge in [0, 0.05) is 22.4 Å². The summed E-state index contributed by atoms with van der Waals surface area (Å²) in [6, 6.07) is 8.79. The highest BCUT2D eigenvalue weighted by molar-refractivity contribution is 9.10. The molecule has 0 radical (unpaired) electrons. The third kappa shape index (κ3) is 3.48. The lowest BCUT2D eigenvalue weighted by Crippen LogP contribution is -2.03. The number of hydrogen-bond donors (Lipinski definition) is 1. The quantitative estimate of drug-likeness (QED) is 0.867. The minimum Gasteiger partial charge on any atom is -0.497 e. The Labute approximate surface area is 125 Å². The maximum atomic E-state index is 11.5. The summed E-state index contributed by atoms with van der Waals surface area (Å²) < 4.78 is 10.7. The van der Waals surface area contributed by atoms with E-state index in [0.717, 1.165) is 10.2 Å². The predicted molar refractivity (Wildman–Crippen MR) is 79.6 cm³/mol. The first-order chi connectivity index (χ1) is 9.62. The first-order valence-corrected chi connectivity index (χ1v) is 6.57. The van der Waals surface area contributed by atoms with Gasteiger partial charge in [-0.15, -0.1) is 0 Å². The van der Waals surface area contributed by atoms with Crippen LogP contribution in [0.15, 0.2) is 41.0 Å². The van der Waals surface area contributed by atoms with Crippen molar-refractivity contribution in [2.75, 3.05) is 19.5 Å². The summed E-state index contributed by atoms with van der Waals surface area (Å²) in [6.45, 7) is 0. The maximum absolute atomic E-state index is 11.5. The largest absolute Gasteiger partial charge is 0.497 e. The second-order valence-corrected chi connectivity index (χ2v) is 4.84. The molecule has 2 aromatic rings. The molecule has 0 bridgehead atoms. The Morgan fingerprint density at radius 2 is 2.05 bits per heavy atom. The Morgan fingerprint density at radius 1 is 1.25 bits per heavy atom. The highest BCUT2D eigenvalue weighted by Gasteiger charge is 2.07. The van der Waals surface area contributed by atoms with Crippen LogP contribution in [0.1, 0.15) is 10.4 Å². The van der Waals surface area contributed by atoms with Gasteiger partial charge < -0.3 is 14.8 Å². The third-order valence-corrected chi connectivity index (χ3v) is 3.02. The van der Waals surface area contributed by atoms with Gasteiger partial charge in [0.15, 0.2) is 0 Å². The van der Waals surface area contributed by atoms with E-state index in [1.54, 1.807) is 25.4 Å². The molecular formula is C14H13BrN2O3. The van der Waals surface area contributed by atoms with Gasteiger partial charge in [0.2, 0.25) is 0 Å². The van der Waals surface area contributed by atoms with Gasteiger partial charge in [0.25, 0.3) is 0 Å². The van der Waals surface area contributed by atoms with Crippen molar-refractivity contribution < 1.29 is 14.3 Å². The molecular weight excluding hydrogens is 324 g/mol. The Morgan fingerprint density at radius 3 is 2.75 bits per heavy atom. The van der Waals surface area contributed by atoms with Crippen LogP contribution in [0.2, 0.25) is 0 Å². The van der Waals surface area contributed by atoms with Gasteiger partial charge in [0.05, 0.1) is 19.8 Å². The first-order valence-electron chi connectivity index (χ1n) is 5.78. The number of halogens is 1. The van der Waals surface area contributed by atoms with Crippen molar-refractivity contribution in [3.63, 3.8) is 0 Å². The topological polar surface area (TPSA) is 60.5 Å². The zero-order valence-electron chi connectivity index (χ0n) is 11.0. The first kappa shape index (κ1) is 14.3. The van der Waals surface area contributed by atoms with Crippen molar-refractivity contribution in [3.8, 4) is 5.75 Å². The molecule has 1 heterocycles. The van der Waals surface area contributed by atoms with Crippen LogP contribution in [0.4, 0.5) is 11.5 Å². The molecule has 0 amide bonds. The number of pyridine rings is 1. The molecule has 5 nitrogen and oxygen atoms in total. The number of anilines is 2. The molecule has 0 aliphatic rings. The van der Waals surface area contributed by atoms with E-state index < -0.39 is 5.97 Å². The molecule has 1 aromatic carbocycles. The minimum absolute atomic E-state index is 0.401. The fourth-order valence-corrected chi connectivity index (χ4v) is 2.12. The average Bonchev–Trinajstić information content (AvgIpc) is 2.46. The van der Waals surface area contributed by atoms with Gasteiger partial charge >= 0.3 is 5.97 Å². The van der Waals surface area contributed by atoms with E-state index in [0.29, 0.717) is 17.1 Å². The fourth-order valence-electron chi connectivity index (χ4n) is 1.64. The van der Waals surface area contributed by atoms with E-state index in [-0.39, 0.29) is 0 Å². The van der Waals surface area contributed by atoms with Crippen LogP contribution in [0.3, 0.4) is 0 Å². The Kier molecular flexibility index (Phi) is 4.57. The van der Waals surface area contributed by atoms with E-state index in [4.69, 9.17) is 4.74 Å². The SMILES string of the molecule is COC(=O)c1ccnc(Nc2cc(Br)cc(OC)c2)c1. The highest BCUT2D eigenvalue weighted by atomic mass is 79.9. The second-order valence-electron chi connectivity index (χ2n) is 3.93. The molecule has 0 spiro atoms. The average molecular weight is 337 g/mol. The molecule has 0 atom stereocenters. The predicted octanol–water partition coefficient (Wildman–Crippen LogP) is 3.38. The van der Waals surface area contributed by atoms with E-state index in [9.17, 15) is 4.79 Å². The zero-order chi connectivity index (χ0) is 14.5. The Balaban J connectivity index is 2.26. The lowest BCUT2D eigenvalue weighted by molar-refractivity contribution is 0.0600. The Hall–Kier alpha value is -2.08. The fraction of sp³-hybridized carbons (Fsp3) is 0.143. The summed E-state index contributed by atoms with van der Waals surface area (Å²) in [5, 5.41) is 3.11. The van der Waals surface area contributed by atoms with E-state index >= 15 is 0 Å². The normalized spacial score (nSPS) is 9.95. The number of carbonyl (C=O) groups excluding carboxylic acids is 1. The molecule has 2 rings (SSSR count). The van der Waals surface area contributed by atoms with Crippen LogP contribution < -0.4 is 10.1 Å². The van der Waals surface area contributed by atoms with Crippen molar-refractivity contribution in [1.29, 1.82) is 0 Å². The monoisotopic (exact) mass is 336 g/mol. The number of benzene rings is 1. The van der Waals surface area contributed by atoms with Gasteiger partial charge in [-0.25, -0.2) is 9.78 Å². The van der Waals surface area contributed by atoms with Crippen LogP contribution in [-0.2, 0) is 4.74 Å². The molecule has 20 heavy (non-hydrogen) atoms. The molecule has 104 valence electrons. The lowest BCUT2D eigenvalue weighted by atomic mass is 10.2. The maximum Gasteiger partial charge on any atom is 0.338 e. The minimum atomic E-state index is -0.401. The van der Waals surface area contributed by atoms with Crippen LogP contribution in [-0.4, -0.2) is 25.2 Å². The summed E-state index contributed by atoms with van der Waals surface area (Å²) in [5.74, 6) is 0.862. The van der Waals surface area contributed by atoms with Crippen molar-refractivity contribution in [2.45, 2.75) is 0 Å². The smallest absolute Gasteiger partial charge is 0.338 e. The van der Waals surface area contributed by atoms with Crippen LogP contribution in [0, 0.1) is 0 Å². The number of nitrogens with one attached hydrogen (secondary N) is 1. The van der Waals surface area contributed by atoms with E-state index in [1.165, 1.54) is 7.11 Å². The summed E-state index contributed by atoms with van der Waals surface area (Å²) in [7, 11) is 2.94. The molecule has 0 aliphatic carbocycles. The highest BCUT2D eigenvalue weighted by Crippen LogP contribution is 2.26. The number of hydrogen-bond acceptors (Lipinski definition) is 5. The number of methoxy groups -OCH3 is 2. The molecule has 0 aliphatic heterocycles. The number of aromatic nitrogens is 1. The van der Waals surface area contributed by atoms with E-state index in [2.05, 4.69) is 31.0 Å². The van der Waals surface area contributed by atoms with Gasteiger partial charge in [0.1, 0.15) is 11.6 Å². The zero-order valence-corrected chi connectivity index (χ0v) is 12.6. The van der Waals surface area contributed by atoms with Gasteiger partial charge in [-0.1, -0.05) is 15.9 Å². The standard InChI is InChI=1S/C14H13BrN2O3/c1-19-12-7-10(15)6-11(8-12)17-13-5-9(3-4-16-13)14(18)20-2/h3-8H,1-2H3,(H,16,17). The van der Waals surface area contributed by atoms with Gasteiger partial charge in [-0.2, -0.15) is 0 Å². The number of carbonyl (C=O) groups is 1. The molecule has 0 unspecified atom stereocenters. The number of esters is 1. The third-order valence-electron chi connectivity index (χ3n) is 2.56. The van der Waals surface area contributed by atoms with Crippen LogP contribution in [0.25, 0.3) is 0 Å². The summed E-state index contributed by atoms with van der Waals surface area (Å²) in [4.78, 5) is 15.6.